The summed E-state index contributed by atoms with van der Waals surface area (Å²) in [5.41, 5.74) is 0.500. The number of halogens is 4. The van der Waals surface area contributed by atoms with Gasteiger partial charge in [-0.05, 0) is 25.0 Å². The number of carbonyl (C=O) groups excluding carboxylic acids is 1. The lowest BCUT2D eigenvalue weighted by Crippen LogP contribution is -2.23. The van der Waals surface area contributed by atoms with E-state index < -0.39 is 11.3 Å². The molecule has 0 saturated heterocycles. The zero-order valence-corrected chi connectivity index (χ0v) is 14.5. The van der Waals surface area contributed by atoms with Crippen LogP contribution in [0.25, 0.3) is 0 Å². The molecule has 0 aromatic heterocycles. The van der Waals surface area contributed by atoms with E-state index in [1.54, 1.807) is 24.3 Å². The Kier molecular flexibility index (Phi) is 9.50. The van der Waals surface area contributed by atoms with Gasteiger partial charge in [0.2, 0.25) is 0 Å². The van der Waals surface area contributed by atoms with Crippen molar-refractivity contribution in [1.82, 2.24) is 0 Å². The smallest absolute Gasteiger partial charge is 0.338 e. The minimum atomic E-state index is -0.427. The van der Waals surface area contributed by atoms with Gasteiger partial charge in [-0.1, -0.05) is 24.6 Å². The fraction of sp³-hybridized carbons (Fsp3) is 0.533. The highest BCUT2D eigenvalue weighted by molar-refractivity contribution is 6.30. The number of hydrogen-bond acceptors (Lipinski definition) is 2. The van der Waals surface area contributed by atoms with Gasteiger partial charge < -0.3 is 4.74 Å². The SMILES string of the molecule is O=C(OCC(Cl)C(Cl)CCCC(Cl)CCl)c1ccccc1. The molecule has 0 amide bonds. The fourth-order valence-electron chi connectivity index (χ4n) is 1.71. The number of ether oxygens (including phenoxy) is 1. The summed E-state index contributed by atoms with van der Waals surface area (Å²) < 4.78 is 5.16. The number of esters is 1. The summed E-state index contributed by atoms with van der Waals surface area (Å²) in [5.74, 6) is 0.0288. The Hall–Kier alpha value is -0.150. The van der Waals surface area contributed by atoms with Crippen LogP contribution in [0.15, 0.2) is 30.3 Å². The normalized spacial score (nSPS) is 15.2. The molecule has 0 aliphatic rings. The highest BCUT2D eigenvalue weighted by Crippen LogP contribution is 2.19. The summed E-state index contributed by atoms with van der Waals surface area (Å²) in [6.07, 6.45) is 2.34. The van der Waals surface area contributed by atoms with Crippen molar-refractivity contribution in [2.45, 2.75) is 35.4 Å². The number of benzene rings is 1. The molecule has 1 rings (SSSR count). The Bertz CT molecular complexity index is 413. The van der Waals surface area contributed by atoms with Crippen molar-refractivity contribution >= 4 is 52.4 Å². The first-order chi connectivity index (χ1) is 10.0. The third-order valence-electron chi connectivity index (χ3n) is 2.94. The molecule has 3 atom stereocenters. The molecule has 0 heterocycles. The molecule has 6 heteroatoms. The third kappa shape index (κ3) is 7.60. The van der Waals surface area contributed by atoms with E-state index in [0.717, 1.165) is 12.8 Å². The molecule has 2 nitrogen and oxygen atoms in total. The first kappa shape index (κ1) is 18.9. The summed E-state index contributed by atoms with van der Waals surface area (Å²) in [6.45, 7) is 0.0866. The van der Waals surface area contributed by atoms with Crippen LogP contribution in [0, 0.1) is 0 Å². The zero-order valence-electron chi connectivity index (χ0n) is 11.5. The molecule has 0 spiro atoms. The van der Waals surface area contributed by atoms with Gasteiger partial charge in [-0.25, -0.2) is 4.79 Å². The third-order valence-corrected chi connectivity index (χ3v) is 4.92. The van der Waals surface area contributed by atoms with Gasteiger partial charge in [-0.2, -0.15) is 0 Å². The van der Waals surface area contributed by atoms with Crippen LogP contribution in [-0.2, 0) is 4.74 Å². The van der Waals surface area contributed by atoms with Crippen molar-refractivity contribution in [3.05, 3.63) is 35.9 Å². The number of rotatable bonds is 9. The molecule has 3 unspecified atom stereocenters. The van der Waals surface area contributed by atoms with Crippen LogP contribution in [0.5, 0.6) is 0 Å². The average molecular weight is 372 g/mol. The summed E-state index contributed by atoms with van der Waals surface area (Å²) in [6, 6.07) is 8.77. The average Bonchev–Trinajstić information content (AvgIpc) is 2.52. The highest BCUT2D eigenvalue weighted by Gasteiger charge is 2.19. The maximum atomic E-state index is 11.8. The van der Waals surface area contributed by atoms with Gasteiger partial charge in [0, 0.05) is 11.3 Å². The van der Waals surface area contributed by atoms with Crippen molar-refractivity contribution in [3.63, 3.8) is 0 Å². The molecule has 0 aliphatic heterocycles. The van der Waals surface area contributed by atoms with Gasteiger partial charge in [-0.3, -0.25) is 0 Å². The predicted molar refractivity (Wildman–Crippen MR) is 90.2 cm³/mol. The molecule has 0 bridgehead atoms. The fourth-order valence-corrected chi connectivity index (χ4v) is 2.43. The van der Waals surface area contributed by atoms with E-state index in [4.69, 9.17) is 51.1 Å². The Morgan fingerprint density at radius 1 is 1.05 bits per heavy atom. The lowest BCUT2D eigenvalue weighted by Gasteiger charge is -2.16. The monoisotopic (exact) mass is 370 g/mol. The van der Waals surface area contributed by atoms with E-state index in [1.165, 1.54) is 0 Å². The molecule has 118 valence electrons. The second kappa shape index (κ2) is 10.6. The summed E-state index contributed by atoms with van der Waals surface area (Å²) in [7, 11) is 0. The molecule has 21 heavy (non-hydrogen) atoms. The van der Waals surface area contributed by atoms with Gasteiger partial charge in [0.1, 0.15) is 6.61 Å². The van der Waals surface area contributed by atoms with Crippen LogP contribution < -0.4 is 0 Å². The van der Waals surface area contributed by atoms with E-state index in [-0.39, 0.29) is 17.4 Å². The van der Waals surface area contributed by atoms with E-state index in [2.05, 4.69) is 0 Å². The van der Waals surface area contributed by atoms with Gasteiger partial charge >= 0.3 is 5.97 Å². The molecule has 1 aromatic rings. The lowest BCUT2D eigenvalue weighted by atomic mass is 10.1. The van der Waals surface area contributed by atoms with E-state index in [9.17, 15) is 4.79 Å². The maximum absolute atomic E-state index is 11.8. The molecular formula is C15H18Cl4O2. The number of carbonyl (C=O) groups is 1. The van der Waals surface area contributed by atoms with Crippen LogP contribution in [-0.4, -0.2) is 34.6 Å². The first-order valence-corrected chi connectivity index (χ1v) is 8.59. The van der Waals surface area contributed by atoms with Crippen molar-refractivity contribution < 1.29 is 9.53 Å². The second-order valence-corrected chi connectivity index (χ2v) is 6.73. The highest BCUT2D eigenvalue weighted by atomic mass is 35.5. The maximum Gasteiger partial charge on any atom is 0.338 e. The summed E-state index contributed by atoms with van der Waals surface area (Å²) in [4.78, 5) is 11.8. The van der Waals surface area contributed by atoms with Crippen molar-refractivity contribution in [1.29, 1.82) is 0 Å². The largest absolute Gasteiger partial charge is 0.460 e. The molecule has 0 N–H and O–H groups in total. The number of alkyl halides is 4. The Balaban J connectivity index is 2.26. The molecule has 1 aromatic carbocycles. The molecule has 0 aliphatic carbocycles. The Morgan fingerprint density at radius 2 is 1.71 bits per heavy atom. The van der Waals surface area contributed by atoms with Gasteiger partial charge in [-0.15, -0.1) is 46.4 Å². The second-order valence-electron chi connectivity index (χ2n) is 4.68. The minimum Gasteiger partial charge on any atom is -0.460 e. The quantitative estimate of drug-likeness (QED) is 0.447. The molecule has 0 radical (unpaired) electrons. The topological polar surface area (TPSA) is 26.3 Å². The first-order valence-electron chi connectivity index (χ1n) is 6.75. The molecule has 0 fully saturated rings. The van der Waals surface area contributed by atoms with Crippen LogP contribution in [0.2, 0.25) is 0 Å². The van der Waals surface area contributed by atoms with E-state index in [0.29, 0.717) is 17.9 Å². The van der Waals surface area contributed by atoms with Crippen LogP contribution in [0.4, 0.5) is 0 Å². The van der Waals surface area contributed by atoms with Gasteiger partial charge in [0.25, 0.3) is 0 Å². The summed E-state index contributed by atoms with van der Waals surface area (Å²) in [5, 5.41) is -0.737. The minimum absolute atomic E-state index is 0.0415. The van der Waals surface area contributed by atoms with E-state index in [1.807, 2.05) is 6.07 Å². The molecule has 0 saturated carbocycles. The Morgan fingerprint density at radius 3 is 2.33 bits per heavy atom. The van der Waals surface area contributed by atoms with Crippen molar-refractivity contribution in [2.75, 3.05) is 12.5 Å². The van der Waals surface area contributed by atoms with Crippen LogP contribution in [0.1, 0.15) is 29.6 Å². The van der Waals surface area contributed by atoms with Crippen LogP contribution >= 0.6 is 46.4 Å². The standard InChI is InChI=1S/C15H18Cl4O2/c16-9-12(17)7-4-8-13(18)14(19)10-21-15(20)11-5-2-1-3-6-11/h1-3,5-6,12-14H,4,7-10H2. The van der Waals surface area contributed by atoms with E-state index >= 15 is 0 Å². The van der Waals surface area contributed by atoms with Crippen LogP contribution in [0.3, 0.4) is 0 Å². The van der Waals surface area contributed by atoms with Crippen molar-refractivity contribution in [3.8, 4) is 0 Å². The lowest BCUT2D eigenvalue weighted by molar-refractivity contribution is 0.0502. The summed E-state index contributed by atoms with van der Waals surface area (Å²) >= 11 is 23.9. The zero-order chi connectivity index (χ0) is 15.7. The van der Waals surface area contributed by atoms with Crippen molar-refractivity contribution in [2.24, 2.45) is 0 Å². The van der Waals surface area contributed by atoms with Gasteiger partial charge in [0.15, 0.2) is 0 Å². The number of hydrogen-bond donors (Lipinski definition) is 0. The molecular weight excluding hydrogens is 354 g/mol. The predicted octanol–water partition coefficient (Wildman–Crippen LogP) is 5.07. The van der Waals surface area contributed by atoms with Gasteiger partial charge in [0.05, 0.1) is 16.3 Å². The Labute approximate surface area is 145 Å².